The van der Waals surface area contributed by atoms with Crippen LogP contribution in [0.1, 0.15) is 42.9 Å². The Morgan fingerprint density at radius 3 is 2.60 bits per heavy atom. The normalized spacial score (nSPS) is 14.5. The van der Waals surface area contributed by atoms with Gasteiger partial charge in [-0.15, -0.1) is 0 Å². The van der Waals surface area contributed by atoms with Gasteiger partial charge in [0.1, 0.15) is 18.0 Å². The zero-order chi connectivity index (χ0) is 21.8. The molecule has 0 radical (unpaired) electrons. The summed E-state index contributed by atoms with van der Waals surface area (Å²) in [4.78, 5) is 21.7. The van der Waals surface area contributed by atoms with Crippen LogP contribution in [0.5, 0.6) is 5.75 Å². The van der Waals surface area contributed by atoms with Gasteiger partial charge in [0.15, 0.2) is 34.6 Å². The lowest BCUT2D eigenvalue weighted by Crippen LogP contribution is -2.39. The number of hydrogen-bond acceptors (Lipinski definition) is 7. The van der Waals surface area contributed by atoms with Crippen LogP contribution in [0.15, 0.2) is 18.2 Å². The standard InChI is InChI=1S/C20H21F2N5O3/c1-11(2)24-18-19(26-17(20(28)29)15(10-23)25-18)27-7-5-13(6-8-27)30-16-4-3-12(21)9-14(16)22/h3-4,9,11,13H,5-8H2,1-2H3,(H,24,25)(H,28,29). The van der Waals surface area contributed by atoms with Crippen LogP contribution in [-0.4, -0.2) is 46.3 Å². The first-order chi connectivity index (χ1) is 14.3. The number of anilines is 2. The Morgan fingerprint density at radius 1 is 1.33 bits per heavy atom. The van der Waals surface area contributed by atoms with E-state index in [0.29, 0.717) is 37.6 Å². The molecule has 1 aromatic carbocycles. The fourth-order valence-corrected chi connectivity index (χ4v) is 3.18. The Hall–Kier alpha value is -3.48. The maximum absolute atomic E-state index is 13.8. The van der Waals surface area contributed by atoms with E-state index >= 15 is 0 Å². The first-order valence-electron chi connectivity index (χ1n) is 9.47. The molecule has 8 nitrogen and oxygen atoms in total. The number of benzene rings is 1. The van der Waals surface area contributed by atoms with E-state index < -0.39 is 23.3 Å². The van der Waals surface area contributed by atoms with Gasteiger partial charge in [0, 0.05) is 38.0 Å². The fourth-order valence-electron chi connectivity index (χ4n) is 3.18. The van der Waals surface area contributed by atoms with Gasteiger partial charge in [0.05, 0.1) is 0 Å². The van der Waals surface area contributed by atoms with Gasteiger partial charge in [-0.3, -0.25) is 0 Å². The van der Waals surface area contributed by atoms with Crippen LogP contribution >= 0.6 is 0 Å². The van der Waals surface area contributed by atoms with Gasteiger partial charge >= 0.3 is 5.97 Å². The number of hydrogen-bond donors (Lipinski definition) is 2. The van der Waals surface area contributed by atoms with Crippen molar-refractivity contribution in [1.29, 1.82) is 5.26 Å². The summed E-state index contributed by atoms with van der Waals surface area (Å²) in [5.74, 6) is -2.11. The fraction of sp³-hybridized carbons (Fsp3) is 0.400. The lowest BCUT2D eigenvalue weighted by atomic mass is 10.1. The number of carboxylic acid groups (broad SMARTS) is 1. The van der Waals surface area contributed by atoms with Crippen LogP contribution in [0.25, 0.3) is 0 Å². The van der Waals surface area contributed by atoms with Gasteiger partial charge in [-0.05, 0) is 26.0 Å². The van der Waals surface area contributed by atoms with E-state index in [9.17, 15) is 23.9 Å². The van der Waals surface area contributed by atoms with Crippen LogP contribution in [-0.2, 0) is 0 Å². The number of nitrogens with one attached hydrogen (secondary N) is 1. The van der Waals surface area contributed by atoms with Crippen molar-refractivity contribution in [3.8, 4) is 11.8 Å². The summed E-state index contributed by atoms with van der Waals surface area (Å²) >= 11 is 0. The minimum absolute atomic E-state index is 0.0108. The van der Waals surface area contributed by atoms with E-state index in [4.69, 9.17) is 4.74 Å². The predicted octanol–water partition coefficient (Wildman–Crippen LogP) is 3.19. The summed E-state index contributed by atoms with van der Waals surface area (Å²) in [5, 5.41) is 21.7. The molecule has 1 aliphatic heterocycles. The summed E-state index contributed by atoms with van der Waals surface area (Å²) < 4.78 is 32.5. The van der Waals surface area contributed by atoms with Crippen molar-refractivity contribution in [1.82, 2.24) is 9.97 Å². The summed E-state index contributed by atoms with van der Waals surface area (Å²) in [5.41, 5.74) is -0.673. The molecule has 2 N–H and O–H groups in total. The van der Waals surface area contributed by atoms with E-state index in [-0.39, 0.29) is 23.6 Å². The van der Waals surface area contributed by atoms with Crippen LogP contribution in [0.3, 0.4) is 0 Å². The third kappa shape index (κ3) is 4.74. The molecule has 10 heteroatoms. The molecule has 0 aliphatic carbocycles. The number of nitrogens with zero attached hydrogens (tertiary/aromatic N) is 4. The van der Waals surface area contributed by atoms with E-state index in [1.54, 1.807) is 6.07 Å². The summed E-state index contributed by atoms with van der Waals surface area (Å²) in [6, 6.07) is 4.92. The van der Waals surface area contributed by atoms with Gasteiger partial charge in [-0.1, -0.05) is 0 Å². The van der Waals surface area contributed by atoms with E-state index in [2.05, 4.69) is 15.3 Å². The SMILES string of the molecule is CC(C)Nc1nc(C#N)c(C(=O)O)nc1N1CCC(Oc2ccc(F)cc2F)CC1. The second-order valence-electron chi connectivity index (χ2n) is 7.19. The number of piperidine rings is 1. The average Bonchev–Trinajstić information content (AvgIpc) is 2.70. The molecule has 2 aromatic rings. The molecule has 2 heterocycles. The largest absolute Gasteiger partial charge is 0.487 e. The highest BCUT2D eigenvalue weighted by Gasteiger charge is 2.27. The maximum Gasteiger partial charge on any atom is 0.357 e. The zero-order valence-electron chi connectivity index (χ0n) is 16.5. The van der Waals surface area contributed by atoms with Crippen LogP contribution in [0.4, 0.5) is 20.4 Å². The first kappa shape index (κ1) is 21.2. The Bertz CT molecular complexity index is 985. The van der Waals surface area contributed by atoms with Gasteiger partial charge in [-0.25, -0.2) is 23.5 Å². The quantitative estimate of drug-likeness (QED) is 0.737. The van der Waals surface area contributed by atoms with Gasteiger partial charge in [0.25, 0.3) is 0 Å². The lowest BCUT2D eigenvalue weighted by molar-refractivity contribution is 0.0689. The molecule has 1 saturated heterocycles. The molecule has 3 rings (SSSR count). The molecule has 1 fully saturated rings. The Morgan fingerprint density at radius 2 is 2.03 bits per heavy atom. The molecular weight excluding hydrogens is 396 g/mol. The predicted molar refractivity (Wildman–Crippen MR) is 105 cm³/mol. The lowest BCUT2D eigenvalue weighted by Gasteiger charge is -2.34. The number of rotatable bonds is 6. The van der Waals surface area contributed by atoms with Crippen LogP contribution in [0.2, 0.25) is 0 Å². The second kappa shape index (κ2) is 8.90. The zero-order valence-corrected chi connectivity index (χ0v) is 16.5. The van der Waals surface area contributed by atoms with Crippen molar-refractivity contribution in [3.63, 3.8) is 0 Å². The van der Waals surface area contributed by atoms with Crippen molar-refractivity contribution in [3.05, 3.63) is 41.2 Å². The number of aromatic carboxylic acids is 1. The topological polar surface area (TPSA) is 111 Å². The third-order valence-electron chi connectivity index (χ3n) is 4.54. The van der Waals surface area contributed by atoms with Gasteiger partial charge < -0.3 is 20.1 Å². The Kier molecular flexibility index (Phi) is 6.30. The van der Waals surface area contributed by atoms with E-state index in [0.717, 1.165) is 12.1 Å². The smallest absolute Gasteiger partial charge is 0.357 e. The van der Waals surface area contributed by atoms with Crippen molar-refractivity contribution >= 4 is 17.6 Å². The van der Waals surface area contributed by atoms with Crippen molar-refractivity contribution in [2.75, 3.05) is 23.3 Å². The number of carboxylic acids is 1. The van der Waals surface area contributed by atoms with E-state index in [1.807, 2.05) is 18.7 Å². The number of aromatic nitrogens is 2. The maximum atomic E-state index is 13.8. The highest BCUT2D eigenvalue weighted by molar-refractivity contribution is 5.89. The van der Waals surface area contributed by atoms with Gasteiger partial charge in [-0.2, -0.15) is 5.26 Å². The number of ether oxygens (including phenoxy) is 1. The molecule has 0 amide bonds. The van der Waals surface area contributed by atoms with Crippen LogP contribution < -0.4 is 15.0 Å². The van der Waals surface area contributed by atoms with Gasteiger partial charge in [0.2, 0.25) is 0 Å². The van der Waals surface area contributed by atoms with Crippen molar-refractivity contribution < 1.29 is 23.4 Å². The number of halogens is 2. The summed E-state index contributed by atoms with van der Waals surface area (Å²) in [6.45, 7) is 4.69. The molecule has 1 aromatic heterocycles. The summed E-state index contributed by atoms with van der Waals surface area (Å²) in [7, 11) is 0. The molecule has 158 valence electrons. The monoisotopic (exact) mass is 417 g/mol. The number of carbonyl (C=O) groups is 1. The molecule has 0 spiro atoms. The summed E-state index contributed by atoms with van der Waals surface area (Å²) in [6.07, 6.45) is 0.748. The van der Waals surface area contributed by atoms with Crippen LogP contribution in [0, 0.1) is 23.0 Å². The molecule has 0 bridgehead atoms. The first-order valence-corrected chi connectivity index (χ1v) is 9.47. The minimum Gasteiger partial charge on any atom is -0.487 e. The van der Waals surface area contributed by atoms with E-state index in [1.165, 1.54) is 6.07 Å². The number of nitriles is 1. The third-order valence-corrected chi connectivity index (χ3v) is 4.54. The van der Waals surface area contributed by atoms with Crippen molar-refractivity contribution in [2.45, 2.75) is 38.8 Å². The second-order valence-corrected chi connectivity index (χ2v) is 7.19. The molecule has 1 aliphatic rings. The molecule has 0 saturated carbocycles. The average molecular weight is 417 g/mol. The Labute approximate surface area is 172 Å². The highest BCUT2D eigenvalue weighted by Crippen LogP contribution is 2.29. The highest BCUT2D eigenvalue weighted by atomic mass is 19.1. The molecule has 0 atom stereocenters. The van der Waals surface area contributed by atoms with Crippen molar-refractivity contribution in [2.24, 2.45) is 0 Å². The molecular formula is C20H21F2N5O3. The minimum atomic E-state index is -1.33. The molecule has 0 unspecified atom stereocenters. The Balaban J connectivity index is 1.79. The molecule has 30 heavy (non-hydrogen) atoms.